The quantitative estimate of drug-likeness (QED) is 0.249. The fourth-order valence-electron chi connectivity index (χ4n) is 3.98. The minimum Gasteiger partial charge on any atom is -0.323 e. The van der Waals surface area contributed by atoms with Gasteiger partial charge in [-0.2, -0.15) is 0 Å². The van der Waals surface area contributed by atoms with E-state index in [9.17, 15) is 0 Å². The van der Waals surface area contributed by atoms with E-state index in [0.29, 0.717) is 17.5 Å². The summed E-state index contributed by atoms with van der Waals surface area (Å²) in [5.74, 6) is 1.98. The van der Waals surface area contributed by atoms with Crippen molar-refractivity contribution in [1.29, 1.82) is 0 Å². The van der Waals surface area contributed by atoms with Gasteiger partial charge in [-0.25, -0.2) is 15.0 Å². The summed E-state index contributed by atoms with van der Waals surface area (Å²) in [5.41, 5.74) is 3.95. The fraction of sp³-hybridized carbons (Fsp3) is 0. The maximum atomic E-state index is 4.81. The van der Waals surface area contributed by atoms with Gasteiger partial charge in [-0.05, 0) is 41.8 Å². The van der Waals surface area contributed by atoms with Crippen molar-refractivity contribution in [3.05, 3.63) is 120 Å². The van der Waals surface area contributed by atoms with E-state index in [2.05, 4.69) is 75.4 Å². The normalized spacial score (nSPS) is 11.1. The van der Waals surface area contributed by atoms with Crippen LogP contribution in [0.25, 0.3) is 50.6 Å². The van der Waals surface area contributed by atoms with Crippen molar-refractivity contribution in [3.63, 3.8) is 0 Å². The Morgan fingerprint density at radius 1 is 0.500 bits per heavy atom. The fourth-order valence-corrected chi connectivity index (χ4v) is 4.36. The third-order valence-corrected chi connectivity index (χ3v) is 6.22. The summed E-state index contributed by atoms with van der Waals surface area (Å²) in [5, 5.41) is 2.39. The lowest BCUT2D eigenvalue weighted by atomic mass is 10.1. The first-order valence-corrected chi connectivity index (χ1v) is 11.8. The first kappa shape index (κ1) is 20.5. The highest BCUT2D eigenvalue weighted by molar-refractivity contribution is 9.10. The predicted molar refractivity (Wildman–Crippen MR) is 141 cm³/mol. The molecule has 0 aliphatic carbocycles. The minimum absolute atomic E-state index is 0.654. The molecule has 0 fully saturated rings. The lowest BCUT2D eigenvalue weighted by molar-refractivity contribution is 1.07. The molecule has 34 heavy (non-hydrogen) atoms. The van der Waals surface area contributed by atoms with Crippen molar-refractivity contribution < 1.29 is 0 Å². The van der Waals surface area contributed by atoms with Gasteiger partial charge in [0.25, 0.3) is 0 Å². The van der Waals surface area contributed by atoms with Crippen LogP contribution in [0.2, 0.25) is 0 Å². The minimum atomic E-state index is 0.654. The Hall–Kier alpha value is -4.09. The van der Waals surface area contributed by atoms with Gasteiger partial charge in [0.2, 0.25) is 0 Å². The Labute approximate surface area is 205 Å². The highest BCUT2D eigenvalue weighted by Crippen LogP contribution is 2.27. The highest BCUT2D eigenvalue weighted by Gasteiger charge is 2.12. The molecule has 2 aromatic heterocycles. The number of fused-ring (bicyclic) bond motifs is 1. The van der Waals surface area contributed by atoms with Gasteiger partial charge < -0.3 is 4.57 Å². The average Bonchev–Trinajstić information content (AvgIpc) is 3.33. The number of nitrogens with zero attached hydrogens (tertiary/aromatic N) is 4. The summed E-state index contributed by atoms with van der Waals surface area (Å²) in [4.78, 5) is 14.4. The van der Waals surface area contributed by atoms with Gasteiger partial charge in [-0.15, -0.1) is 0 Å². The first-order chi connectivity index (χ1) is 16.7. The SMILES string of the molecule is Brc1ccc2cn(-c3ccc(-c4nc(-c5ccccc5)nc(-c5ccccc5)n4)cc3)cc2c1. The molecule has 0 aliphatic rings. The van der Waals surface area contributed by atoms with Crippen molar-refractivity contribution >= 4 is 26.7 Å². The Balaban J connectivity index is 1.42. The van der Waals surface area contributed by atoms with Gasteiger partial charge in [0.1, 0.15) is 0 Å². The maximum Gasteiger partial charge on any atom is 0.164 e. The number of rotatable bonds is 4. The van der Waals surface area contributed by atoms with E-state index in [0.717, 1.165) is 26.9 Å². The van der Waals surface area contributed by atoms with Crippen LogP contribution in [0.15, 0.2) is 120 Å². The van der Waals surface area contributed by atoms with E-state index in [-0.39, 0.29) is 0 Å². The molecule has 0 saturated carbocycles. The number of halogens is 1. The third kappa shape index (κ3) is 4.02. The smallest absolute Gasteiger partial charge is 0.164 e. The summed E-state index contributed by atoms with van der Waals surface area (Å²) >= 11 is 3.55. The molecular formula is C29H19BrN4. The van der Waals surface area contributed by atoms with E-state index in [1.165, 1.54) is 10.8 Å². The lowest BCUT2D eigenvalue weighted by Crippen LogP contribution is -2.00. The molecule has 4 aromatic carbocycles. The van der Waals surface area contributed by atoms with Crippen LogP contribution < -0.4 is 0 Å². The summed E-state index contributed by atoms with van der Waals surface area (Å²) in [7, 11) is 0. The van der Waals surface area contributed by atoms with Crippen molar-refractivity contribution in [2.45, 2.75) is 0 Å². The summed E-state index contributed by atoms with van der Waals surface area (Å²) < 4.78 is 3.21. The van der Waals surface area contributed by atoms with Crippen molar-refractivity contribution in [1.82, 2.24) is 19.5 Å². The highest BCUT2D eigenvalue weighted by atomic mass is 79.9. The van der Waals surface area contributed by atoms with Crippen LogP contribution in [-0.4, -0.2) is 19.5 Å². The summed E-state index contributed by atoms with van der Waals surface area (Å²) in [6.07, 6.45) is 4.28. The van der Waals surface area contributed by atoms with Crippen LogP contribution in [0.5, 0.6) is 0 Å². The Bertz CT molecular complexity index is 1530. The van der Waals surface area contributed by atoms with Gasteiger partial charge in [-0.3, -0.25) is 0 Å². The molecule has 0 aliphatic heterocycles. The largest absolute Gasteiger partial charge is 0.323 e. The van der Waals surface area contributed by atoms with E-state index in [4.69, 9.17) is 15.0 Å². The van der Waals surface area contributed by atoms with E-state index in [1.807, 2.05) is 60.7 Å². The second-order valence-electron chi connectivity index (χ2n) is 8.02. The van der Waals surface area contributed by atoms with Crippen LogP contribution in [0, 0.1) is 0 Å². The zero-order chi connectivity index (χ0) is 22.9. The van der Waals surface area contributed by atoms with Gasteiger partial charge in [-0.1, -0.05) is 82.7 Å². The summed E-state index contributed by atoms with van der Waals surface area (Å²) in [6.45, 7) is 0. The van der Waals surface area contributed by atoms with Crippen molar-refractivity contribution in [2.24, 2.45) is 0 Å². The molecule has 0 spiro atoms. The van der Waals surface area contributed by atoms with Crippen LogP contribution in [0.4, 0.5) is 0 Å². The van der Waals surface area contributed by atoms with E-state index in [1.54, 1.807) is 0 Å². The molecule has 2 heterocycles. The third-order valence-electron chi connectivity index (χ3n) is 5.73. The summed E-state index contributed by atoms with van der Waals surface area (Å²) in [6, 6.07) is 34.7. The molecule has 0 radical (unpaired) electrons. The molecule has 0 N–H and O–H groups in total. The molecule has 0 saturated heterocycles. The predicted octanol–water partition coefficient (Wildman–Crippen LogP) is 7.58. The average molecular weight is 503 g/mol. The van der Waals surface area contributed by atoms with E-state index >= 15 is 0 Å². The zero-order valence-corrected chi connectivity index (χ0v) is 19.7. The topological polar surface area (TPSA) is 43.6 Å². The molecule has 162 valence electrons. The molecule has 0 bridgehead atoms. The maximum absolute atomic E-state index is 4.81. The Morgan fingerprint density at radius 2 is 1.00 bits per heavy atom. The molecule has 6 rings (SSSR count). The molecule has 0 unspecified atom stereocenters. The zero-order valence-electron chi connectivity index (χ0n) is 18.1. The number of aromatic nitrogens is 4. The number of hydrogen-bond acceptors (Lipinski definition) is 3. The molecule has 0 atom stereocenters. The standard InChI is InChI=1S/C29H19BrN4/c30-25-14-11-23-18-34(19-24(23)17-25)26-15-12-22(13-16-26)29-32-27(20-7-3-1-4-8-20)31-28(33-29)21-9-5-2-6-10-21/h1-19H. The first-order valence-electron chi connectivity index (χ1n) is 11.0. The van der Waals surface area contributed by atoms with Crippen molar-refractivity contribution in [3.8, 4) is 39.9 Å². The number of hydrogen-bond donors (Lipinski definition) is 0. The van der Waals surface area contributed by atoms with Gasteiger partial charge >= 0.3 is 0 Å². The molecule has 0 amide bonds. The lowest BCUT2D eigenvalue weighted by Gasteiger charge is -2.09. The number of benzene rings is 4. The van der Waals surface area contributed by atoms with Crippen LogP contribution >= 0.6 is 15.9 Å². The second kappa shape index (κ2) is 8.69. The Kier molecular flexibility index (Phi) is 5.24. The van der Waals surface area contributed by atoms with E-state index < -0.39 is 0 Å². The van der Waals surface area contributed by atoms with Crippen LogP contribution in [-0.2, 0) is 0 Å². The Morgan fingerprint density at radius 3 is 1.56 bits per heavy atom. The van der Waals surface area contributed by atoms with Gasteiger partial charge in [0, 0.05) is 44.6 Å². The molecule has 6 aromatic rings. The van der Waals surface area contributed by atoms with Crippen molar-refractivity contribution in [2.75, 3.05) is 0 Å². The van der Waals surface area contributed by atoms with Gasteiger partial charge in [0.15, 0.2) is 17.5 Å². The van der Waals surface area contributed by atoms with Gasteiger partial charge in [0.05, 0.1) is 0 Å². The monoisotopic (exact) mass is 502 g/mol. The second-order valence-corrected chi connectivity index (χ2v) is 8.94. The van der Waals surface area contributed by atoms with Crippen LogP contribution in [0.3, 0.4) is 0 Å². The molecular weight excluding hydrogens is 484 g/mol. The molecule has 5 heteroatoms. The van der Waals surface area contributed by atoms with Crippen LogP contribution in [0.1, 0.15) is 0 Å². The molecule has 4 nitrogen and oxygen atoms in total.